The smallest absolute Gasteiger partial charge is 0.253 e. The molecule has 0 saturated carbocycles. The molecular formula is C14H15ClN2O3. The van der Waals surface area contributed by atoms with Gasteiger partial charge in [0.05, 0.1) is 10.7 Å². The number of rotatable bonds is 3. The summed E-state index contributed by atoms with van der Waals surface area (Å²) in [7, 11) is 0. The Bertz CT molecular complexity index is 709. The maximum absolute atomic E-state index is 11.8. The van der Waals surface area contributed by atoms with Gasteiger partial charge >= 0.3 is 0 Å². The summed E-state index contributed by atoms with van der Waals surface area (Å²) in [6.45, 7) is 3.48. The van der Waals surface area contributed by atoms with Crippen LogP contribution in [-0.4, -0.2) is 22.1 Å². The Morgan fingerprint density at radius 3 is 2.65 bits per heavy atom. The van der Waals surface area contributed by atoms with E-state index in [1.165, 1.54) is 6.07 Å². The van der Waals surface area contributed by atoms with Crippen molar-refractivity contribution in [1.82, 2.24) is 4.98 Å². The van der Waals surface area contributed by atoms with E-state index in [1.807, 2.05) is 0 Å². The van der Waals surface area contributed by atoms with Gasteiger partial charge in [-0.05, 0) is 28.8 Å². The van der Waals surface area contributed by atoms with E-state index in [-0.39, 0.29) is 11.5 Å². The van der Waals surface area contributed by atoms with Crippen molar-refractivity contribution in [3.05, 3.63) is 39.8 Å². The Kier molecular flexibility index (Phi) is 4.11. The first kappa shape index (κ1) is 14.6. The van der Waals surface area contributed by atoms with Gasteiger partial charge in [-0.25, -0.2) is 0 Å². The maximum atomic E-state index is 11.8. The van der Waals surface area contributed by atoms with Gasteiger partial charge in [-0.15, -0.1) is 0 Å². The second-order valence-corrected chi connectivity index (χ2v) is 5.34. The molecule has 3 N–H and O–H groups in total. The number of benzene rings is 1. The molecule has 1 atom stereocenters. The van der Waals surface area contributed by atoms with Gasteiger partial charge in [0, 0.05) is 12.3 Å². The van der Waals surface area contributed by atoms with Crippen LogP contribution >= 0.6 is 11.6 Å². The van der Waals surface area contributed by atoms with E-state index in [2.05, 4.69) is 10.3 Å². The minimum absolute atomic E-state index is 0.197. The maximum Gasteiger partial charge on any atom is 0.253 e. The van der Waals surface area contributed by atoms with Gasteiger partial charge in [-0.1, -0.05) is 25.4 Å². The Balaban J connectivity index is 2.37. The monoisotopic (exact) mass is 294 g/mol. The van der Waals surface area contributed by atoms with Crippen molar-refractivity contribution in [1.29, 1.82) is 0 Å². The summed E-state index contributed by atoms with van der Waals surface area (Å²) in [6.07, 6.45) is 0.443. The van der Waals surface area contributed by atoms with E-state index in [0.29, 0.717) is 16.1 Å². The number of H-pyrrole nitrogens is 1. The van der Waals surface area contributed by atoms with Gasteiger partial charge in [0.25, 0.3) is 5.91 Å². The predicted molar refractivity (Wildman–Crippen MR) is 79.1 cm³/mol. The fraction of sp³-hybridized carbons (Fsp3) is 0.286. The van der Waals surface area contributed by atoms with Crippen LogP contribution in [0, 0.1) is 5.92 Å². The first-order valence-electron chi connectivity index (χ1n) is 6.19. The second kappa shape index (κ2) is 5.64. The Hall–Kier alpha value is -1.85. The summed E-state index contributed by atoms with van der Waals surface area (Å²) in [5, 5.41) is 14.0. The zero-order valence-electron chi connectivity index (χ0n) is 11.1. The highest BCUT2D eigenvalue weighted by Gasteiger charge is 2.19. The lowest BCUT2D eigenvalue weighted by atomic mass is 10.1. The van der Waals surface area contributed by atoms with Crippen LogP contribution in [0.5, 0.6) is 0 Å². The van der Waals surface area contributed by atoms with Gasteiger partial charge in [0.15, 0.2) is 0 Å². The lowest BCUT2D eigenvalue weighted by Gasteiger charge is -2.15. The molecule has 1 heterocycles. The zero-order valence-corrected chi connectivity index (χ0v) is 11.9. The summed E-state index contributed by atoms with van der Waals surface area (Å²) in [5.74, 6) is -0.719. The largest absolute Gasteiger partial charge is 0.383 e. The molecule has 106 valence electrons. The van der Waals surface area contributed by atoms with Crippen LogP contribution in [0.2, 0.25) is 5.02 Å². The predicted octanol–water partition coefficient (Wildman–Crippen LogP) is 2.14. The van der Waals surface area contributed by atoms with Crippen LogP contribution in [0.4, 0.5) is 5.69 Å². The van der Waals surface area contributed by atoms with Crippen molar-refractivity contribution < 1.29 is 9.90 Å². The number of fused-ring (bicyclic) bond motifs is 1. The molecule has 0 aliphatic heterocycles. The average Bonchev–Trinajstić information content (AvgIpc) is 2.39. The van der Waals surface area contributed by atoms with E-state index in [1.54, 1.807) is 32.2 Å². The minimum atomic E-state index is -1.11. The van der Waals surface area contributed by atoms with Crippen molar-refractivity contribution in [3.8, 4) is 0 Å². The number of aliphatic hydroxyl groups is 1. The molecule has 1 aromatic heterocycles. The molecule has 0 bridgehead atoms. The highest BCUT2D eigenvalue weighted by molar-refractivity contribution is 6.34. The minimum Gasteiger partial charge on any atom is -0.383 e. The molecular weight excluding hydrogens is 280 g/mol. The first-order chi connectivity index (χ1) is 9.38. The third-order valence-electron chi connectivity index (χ3n) is 2.99. The van der Waals surface area contributed by atoms with E-state index < -0.39 is 12.0 Å². The second-order valence-electron chi connectivity index (χ2n) is 4.94. The molecule has 0 radical (unpaired) electrons. The SMILES string of the molecule is CC(C)[C@@H](O)C(=O)Nc1cc2cc(=O)[nH]cc2cc1Cl. The van der Waals surface area contributed by atoms with Crippen molar-refractivity contribution in [2.45, 2.75) is 20.0 Å². The molecule has 6 heteroatoms. The molecule has 0 spiro atoms. The number of nitrogens with one attached hydrogen (secondary N) is 2. The van der Waals surface area contributed by atoms with Crippen LogP contribution in [0.15, 0.2) is 29.2 Å². The highest BCUT2D eigenvalue weighted by Crippen LogP contribution is 2.27. The number of aliphatic hydroxyl groups excluding tert-OH is 1. The summed E-state index contributed by atoms with van der Waals surface area (Å²) in [4.78, 5) is 25.7. The molecule has 0 aliphatic carbocycles. The zero-order chi connectivity index (χ0) is 14.9. The number of carbonyl (C=O) groups is 1. The Labute approximate surface area is 120 Å². The van der Waals surface area contributed by atoms with Gasteiger partial charge < -0.3 is 15.4 Å². The van der Waals surface area contributed by atoms with Crippen LogP contribution in [0.1, 0.15) is 13.8 Å². The number of amides is 1. The van der Waals surface area contributed by atoms with E-state index in [9.17, 15) is 14.7 Å². The molecule has 2 rings (SSSR count). The molecule has 2 aromatic rings. The van der Waals surface area contributed by atoms with Crippen LogP contribution < -0.4 is 10.9 Å². The topological polar surface area (TPSA) is 82.2 Å². The Morgan fingerprint density at radius 2 is 2.00 bits per heavy atom. The lowest BCUT2D eigenvalue weighted by Crippen LogP contribution is -2.32. The van der Waals surface area contributed by atoms with Crippen LogP contribution in [0.25, 0.3) is 10.8 Å². The van der Waals surface area contributed by atoms with Crippen molar-refractivity contribution >= 4 is 34.0 Å². The number of aromatic amines is 1. The van der Waals surface area contributed by atoms with Crippen LogP contribution in [0.3, 0.4) is 0 Å². The summed E-state index contributed by atoms with van der Waals surface area (Å²) >= 11 is 6.08. The molecule has 20 heavy (non-hydrogen) atoms. The average molecular weight is 295 g/mol. The third kappa shape index (κ3) is 3.00. The van der Waals surface area contributed by atoms with Gasteiger partial charge in [-0.3, -0.25) is 9.59 Å². The first-order valence-corrected chi connectivity index (χ1v) is 6.57. The van der Waals surface area contributed by atoms with E-state index in [4.69, 9.17) is 11.6 Å². The standard InChI is InChI=1S/C14H15ClN2O3/c1-7(2)13(19)14(20)17-11-4-8-5-12(18)16-6-9(8)3-10(11)15/h3-7,13,19H,1-2H3,(H,16,18)(H,17,20)/t13-/m1/s1. The highest BCUT2D eigenvalue weighted by atomic mass is 35.5. The van der Waals surface area contributed by atoms with Crippen LogP contribution in [-0.2, 0) is 4.79 Å². The number of anilines is 1. The number of carbonyl (C=O) groups excluding carboxylic acids is 1. The number of hydrogen-bond donors (Lipinski definition) is 3. The molecule has 0 saturated heterocycles. The van der Waals surface area contributed by atoms with Gasteiger partial charge in [-0.2, -0.15) is 0 Å². The van der Waals surface area contributed by atoms with Gasteiger partial charge in [0.1, 0.15) is 6.10 Å². The van der Waals surface area contributed by atoms with Crippen molar-refractivity contribution in [2.75, 3.05) is 5.32 Å². The summed E-state index contributed by atoms with van der Waals surface area (Å²) in [5.41, 5.74) is 0.133. The summed E-state index contributed by atoms with van der Waals surface area (Å²) in [6, 6.07) is 4.67. The van der Waals surface area contributed by atoms with Gasteiger partial charge in [0.2, 0.25) is 5.56 Å². The molecule has 0 unspecified atom stereocenters. The number of hydrogen-bond acceptors (Lipinski definition) is 3. The molecule has 1 amide bonds. The number of aromatic nitrogens is 1. The molecule has 1 aromatic carbocycles. The van der Waals surface area contributed by atoms with E-state index >= 15 is 0 Å². The fourth-order valence-corrected chi connectivity index (χ4v) is 2.01. The Morgan fingerprint density at radius 1 is 1.30 bits per heavy atom. The summed E-state index contributed by atoms with van der Waals surface area (Å²) < 4.78 is 0. The van der Waals surface area contributed by atoms with Crippen molar-refractivity contribution in [2.24, 2.45) is 5.92 Å². The quantitative estimate of drug-likeness (QED) is 0.811. The third-order valence-corrected chi connectivity index (χ3v) is 3.30. The molecule has 0 fully saturated rings. The van der Waals surface area contributed by atoms with Crippen molar-refractivity contribution in [3.63, 3.8) is 0 Å². The molecule has 5 nitrogen and oxygen atoms in total. The van der Waals surface area contributed by atoms with E-state index in [0.717, 1.165) is 5.39 Å². The normalized spacial score (nSPS) is 12.7. The lowest BCUT2D eigenvalue weighted by molar-refractivity contribution is -0.125. The number of pyridine rings is 1. The molecule has 0 aliphatic rings. The number of halogens is 1. The fourth-order valence-electron chi connectivity index (χ4n) is 1.79.